The minimum absolute atomic E-state index is 0.0304. The van der Waals surface area contributed by atoms with E-state index in [9.17, 15) is 19.7 Å². The number of nitro benzene ring substituents is 1. The summed E-state index contributed by atoms with van der Waals surface area (Å²) in [6.45, 7) is 0. The van der Waals surface area contributed by atoms with Crippen molar-refractivity contribution in [3.63, 3.8) is 0 Å². The smallest absolute Gasteiger partial charge is 0.267 e. The Hall–Kier alpha value is -2.68. The highest BCUT2D eigenvalue weighted by Crippen LogP contribution is 2.29. The van der Waals surface area contributed by atoms with E-state index in [4.69, 9.17) is 6.42 Å². The van der Waals surface area contributed by atoms with Gasteiger partial charge in [0.1, 0.15) is 5.56 Å². The van der Waals surface area contributed by atoms with E-state index in [0.29, 0.717) is 4.90 Å². The van der Waals surface area contributed by atoms with Crippen LogP contribution in [0.1, 0.15) is 20.7 Å². The van der Waals surface area contributed by atoms with Gasteiger partial charge in [-0.15, -0.1) is 0 Å². The quantitative estimate of drug-likeness (QED) is 0.300. The van der Waals surface area contributed by atoms with Crippen LogP contribution in [0.25, 0.3) is 0 Å². The zero-order valence-corrected chi connectivity index (χ0v) is 7.84. The van der Waals surface area contributed by atoms with Crippen LogP contribution in [0.5, 0.6) is 0 Å². The van der Waals surface area contributed by atoms with Gasteiger partial charge in [0.25, 0.3) is 17.5 Å². The van der Waals surface area contributed by atoms with Crippen molar-refractivity contribution in [2.45, 2.75) is 0 Å². The molecule has 0 aliphatic carbocycles. The zero-order chi connectivity index (χ0) is 11.9. The SMILES string of the molecule is C#CN1C(=O)c2cccc([N+](=O)[O-])c2C1=O. The van der Waals surface area contributed by atoms with Gasteiger partial charge in [0.2, 0.25) is 0 Å². The van der Waals surface area contributed by atoms with Crippen molar-refractivity contribution in [2.24, 2.45) is 0 Å². The Balaban J connectivity index is 2.74. The summed E-state index contributed by atoms with van der Waals surface area (Å²) >= 11 is 0. The highest BCUT2D eigenvalue weighted by molar-refractivity contribution is 6.24. The van der Waals surface area contributed by atoms with Gasteiger partial charge in [0.15, 0.2) is 0 Å². The molecule has 0 radical (unpaired) electrons. The van der Waals surface area contributed by atoms with Gasteiger partial charge in [-0.1, -0.05) is 12.5 Å². The molecule has 1 aliphatic rings. The second-order valence-electron chi connectivity index (χ2n) is 3.03. The van der Waals surface area contributed by atoms with Crippen molar-refractivity contribution in [1.29, 1.82) is 0 Å². The maximum Gasteiger partial charge on any atom is 0.283 e. The number of amides is 2. The van der Waals surface area contributed by atoms with Gasteiger partial charge < -0.3 is 0 Å². The van der Waals surface area contributed by atoms with E-state index in [1.807, 2.05) is 6.04 Å². The third kappa shape index (κ3) is 1.09. The molecule has 0 aromatic heterocycles. The third-order valence-electron chi connectivity index (χ3n) is 2.22. The molecule has 1 aliphatic heterocycles. The maximum absolute atomic E-state index is 11.6. The molecule has 1 heterocycles. The summed E-state index contributed by atoms with van der Waals surface area (Å²) in [6, 6.07) is 5.71. The molecule has 16 heavy (non-hydrogen) atoms. The van der Waals surface area contributed by atoms with Crippen LogP contribution >= 0.6 is 0 Å². The summed E-state index contributed by atoms with van der Waals surface area (Å²) in [4.78, 5) is 33.7. The van der Waals surface area contributed by atoms with E-state index in [1.165, 1.54) is 12.1 Å². The summed E-state index contributed by atoms with van der Waals surface area (Å²) < 4.78 is 0. The van der Waals surface area contributed by atoms with Gasteiger partial charge >= 0.3 is 0 Å². The zero-order valence-electron chi connectivity index (χ0n) is 7.84. The minimum atomic E-state index is -0.824. The number of fused-ring (bicyclic) bond motifs is 1. The van der Waals surface area contributed by atoms with Crippen molar-refractivity contribution in [3.05, 3.63) is 39.4 Å². The van der Waals surface area contributed by atoms with E-state index in [1.54, 1.807) is 0 Å². The maximum atomic E-state index is 11.6. The molecule has 0 fully saturated rings. The summed E-state index contributed by atoms with van der Waals surface area (Å²) in [6.07, 6.45) is 4.98. The predicted octanol–water partition coefficient (Wildman–Crippen LogP) is 0.781. The van der Waals surface area contributed by atoms with Gasteiger partial charge in [-0.2, -0.15) is 4.90 Å². The van der Waals surface area contributed by atoms with Crippen molar-refractivity contribution in [1.82, 2.24) is 4.90 Å². The second kappa shape index (κ2) is 3.17. The summed E-state index contributed by atoms with van der Waals surface area (Å²) in [7, 11) is 0. The lowest BCUT2D eigenvalue weighted by molar-refractivity contribution is -0.385. The fraction of sp³-hybridized carbons (Fsp3) is 0. The molecule has 0 saturated heterocycles. The Morgan fingerprint density at radius 2 is 2.00 bits per heavy atom. The molecule has 0 atom stereocenters. The summed E-state index contributed by atoms with van der Waals surface area (Å²) in [5.41, 5.74) is -0.679. The molecule has 78 valence electrons. The summed E-state index contributed by atoms with van der Waals surface area (Å²) in [5, 5.41) is 10.7. The molecule has 2 rings (SSSR count). The van der Waals surface area contributed by atoms with Crippen LogP contribution in [0.2, 0.25) is 0 Å². The number of imide groups is 1. The number of hydrogen-bond acceptors (Lipinski definition) is 4. The molecule has 6 heteroatoms. The predicted molar refractivity (Wildman–Crippen MR) is 52.4 cm³/mol. The lowest BCUT2D eigenvalue weighted by Crippen LogP contribution is -2.23. The van der Waals surface area contributed by atoms with Crippen molar-refractivity contribution in [3.8, 4) is 12.5 Å². The molecule has 0 bridgehead atoms. The molecule has 1 aromatic rings. The van der Waals surface area contributed by atoms with Crippen LogP contribution in [0, 0.1) is 22.6 Å². The lowest BCUT2D eigenvalue weighted by atomic mass is 10.1. The average molecular weight is 216 g/mol. The topological polar surface area (TPSA) is 80.5 Å². The first kappa shape index (κ1) is 9.86. The normalized spacial score (nSPS) is 13.6. The Kier molecular flexibility index (Phi) is 1.95. The van der Waals surface area contributed by atoms with E-state index in [0.717, 1.165) is 6.07 Å². The first-order valence-electron chi connectivity index (χ1n) is 4.20. The first-order valence-corrected chi connectivity index (χ1v) is 4.20. The molecule has 0 N–H and O–H groups in total. The summed E-state index contributed by atoms with van der Waals surface area (Å²) in [5.74, 6) is -1.53. The Labute approximate surface area is 89.6 Å². The van der Waals surface area contributed by atoms with E-state index in [2.05, 4.69) is 0 Å². The monoisotopic (exact) mass is 216 g/mol. The standard InChI is InChI=1S/C10H4N2O4/c1-2-11-9(13)6-4-3-5-7(12(15)16)8(6)10(11)14/h1,3-5H. The van der Waals surface area contributed by atoms with Crippen LogP contribution in [0.3, 0.4) is 0 Å². The number of carbonyl (C=O) groups is 2. The molecular formula is C10H4N2O4. The Bertz CT molecular complexity index is 571. The molecule has 0 unspecified atom stereocenters. The molecule has 6 nitrogen and oxygen atoms in total. The van der Waals surface area contributed by atoms with Crippen molar-refractivity contribution in [2.75, 3.05) is 0 Å². The number of hydrogen-bond donors (Lipinski definition) is 0. The molecule has 1 aromatic carbocycles. The van der Waals surface area contributed by atoms with E-state index < -0.39 is 22.4 Å². The second-order valence-corrected chi connectivity index (χ2v) is 3.03. The number of benzene rings is 1. The van der Waals surface area contributed by atoms with Gasteiger partial charge in [-0.25, -0.2) is 0 Å². The van der Waals surface area contributed by atoms with E-state index in [-0.39, 0.29) is 11.1 Å². The molecule has 0 spiro atoms. The third-order valence-corrected chi connectivity index (χ3v) is 2.22. The highest BCUT2D eigenvalue weighted by Gasteiger charge is 2.40. The van der Waals surface area contributed by atoms with E-state index >= 15 is 0 Å². The fourth-order valence-corrected chi connectivity index (χ4v) is 1.54. The largest absolute Gasteiger partial charge is 0.283 e. The van der Waals surface area contributed by atoms with Gasteiger partial charge in [-0.05, 0) is 6.07 Å². The molecule has 0 saturated carbocycles. The van der Waals surface area contributed by atoms with Crippen LogP contribution in [-0.4, -0.2) is 21.6 Å². The van der Waals surface area contributed by atoms with Crippen LogP contribution in [0.4, 0.5) is 5.69 Å². The van der Waals surface area contributed by atoms with Gasteiger partial charge in [0, 0.05) is 12.1 Å². The lowest BCUT2D eigenvalue weighted by Gasteiger charge is -2.00. The van der Waals surface area contributed by atoms with Crippen molar-refractivity contribution < 1.29 is 14.5 Å². The van der Waals surface area contributed by atoms with Crippen LogP contribution < -0.4 is 0 Å². The average Bonchev–Trinajstić information content (AvgIpc) is 2.51. The van der Waals surface area contributed by atoms with Crippen molar-refractivity contribution >= 4 is 17.5 Å². The Morgan fingerprint density at radius 3 is 2.56 bits per heavy atom. The highest BCUT2D eigenvalue weighted by atomic mass is 16.6. The van der Waals surface area contributed by atoms with Gasteiger partial charge in [0.05, 0.1) is 10.5 Å². The van der Waals surface area contributed by atoms with Gasteiger partial charge in [-0.3, -0.25) is 19.7 Å². The number of rotatable bonds is 1. The number of terminal acetylenes is 1. The number of nitro groups is 1. The number of nitrogens with zero attached hydrogens (tertiary/aromatic N) is 2. The molecular weight excluding hydrogens is 212 g/mol. The van der Waals surface area contributed by atoms with Crippen LogP contribution in [0.15, 0.2) is 18.2 Å². The fourth-order valence-electron chi connectivity index (χ4n) is 1.54. The minimum Gasteiger partial charge on any atom is -0.267 e. The van der Waals surface area contributed by atoms with Crippen LogP contribution in [-0.2, 0) is 0 Å². The number of carbonyl (C=O) groups excluding carboxylic acids is 2. The Morgan fingerprint density at radius 1 is 1.31 bits per heavy atom. The molecule has 2 amide bonds. The first-order chi connectivity index (χ1) is 7.57.